The van der Waals surface area contributed by atoms with Gasteiger partial charge in [-0.05, 0) is 54.1 Å². The Labute approximate surface area is 134 Å². The molecule has 0 aliphatic carbocycles. The highest BCUT2D eigenvalue weighted by molar-refractivity contribution is 14.1. The standard InChI is InChI=1S/C14H13IN2O4/c1-3-10-12(7(2)21-17-10)13(18)16-11-5-4-8(15)6-9(11)14(19)20/h4-6H,3H2,1-2H3,(H,16,18)(H,19,20). The van der Waals surface area contributed by atoms with E-state index in [0.717, 1.165) is 3.57 Å². The van der Waals surface area contributed by atoms with Crippen molar-refractivity contribution in [1.82, 2.24) is 5.16 Å². The first-order chi connectivity index (χ1) is 9.93. The van der Waals surface area contributed by atoms with Crippen LogP contribution in [0.1, 0.15) is 39.1 Å². The number of carboxylic acid groups (broad SMARTS) is 1. The number of nitrogens with zero attached hydrogens (tertiary/aromatic N) is 1. The molecule has 0 bridgehead atoms. The summed E-state index contributed by atoms with van der Waals surface area (Å²) in [7, 11) is 0. The molecule has 1 heterocycles. The predicted molar refractivity (Wildman–Crippen MR) is 84.7 cm³/mol. The van der Waals surface area contributed by atoms with Gasteiger partial charge in [0.1, 0.15) is 11.3 Å². The Balaban J connectivity index is 2.36. The number of carboxylic acids is 1. The van der Waals surface area contributed by atoms with Crippen LogP contribution in [0.15, 0.2) is 22.7 Å². The number of carbonyl (C=O) groups is 2. The molecule has 2 aromatic rings. The molecule has 2 N–H and O–H groups in total. The molecule has 21 heavy (non-hydrogen) atoms. The third-order valence-electron chi connectivity index (χ3n) is 2.96. The summed E-state index contributed by atoms with van der Waals surface area (Å²) >= 11 is 2.02. The lowest BCUT2D eigenvalue weighted by Gasteiger charge is -2.09. The first kappa shape index (κ1) is 15.5. The highest BCUT2D eigenvalue weighted by Gasteiger charge is 2.21. The molecule has 0 atom stereocenters. The maximum Gasteiger partial charge on any atom is 0.337 e. The van der Waals surface area contributed by atoms with E-state index >= 15 is 0 Å². The minimum Gasteiger partial charge on any atom is -0.478 e. The molecule has 0 aliphatic rings. The molecule has 0 saturated heterocycles. The Morgan fingerprint density at radius 2 is 2.14 bits per heavy atom. The topological polar surface area (TPSA) is 92.4 Å². The fraction of sp³-hybridized carbons (Fsp3) is 0.214. The molecule has 1 aromatic carbocycles. The van der Waals surface area contributed by atoms with Gasteiger partial charge in [-0.25, -0.2) is 4.79 Å². The van der Waals surface area contributed by atoms with Crippen molar-refractivity contribution in [2.24, 2.45) is 0 Å². The van der Waals surface area contributed by atoms with Crippen LogP contribution in [0.2, 0.25) is 0 Å². The van der Waals surface area contributed by atoms with E-state index in [4.69, 9.17) is 4.52 Å². The average Bonchev–Trinajstić information content (AvgIpc) is 2.81. The van der Waals surface area contributed by atoms with Gasteiger partial charge in [-0.2, -0.15) is 0 Å². The minimum absolute atomic E-state index is 0.0439. The first-order valence-corrected chi connectivity index (χ1v) is 7.31. The smallest absolute Gasteiger partial charge is 0.337 e. The molecule has 2 rings (SSSR count). The van der Waals surface area contributed by atoms with Crippen molar-refractivity contribution in [2.75, 3.05) is 5.32 Å². The van der Waals surface area contributed by atoms with Crippen LogP contribution in [-0.4, -0.2) is 22.1 Å². The zero-order valence-corrected chi connectivity index (χ0v) is 13.6. The van der Waals surface area contributed by atoms with Crippen molar-refractivity contribution < 1.29 is 19.2 Å². The van der Waals surface area contributed by atoms with Gasteiger partial charge >= 0.3 is 5.97 Å². The summed E-state index contributed by atoms with van der Waals surface area (Å²) in [6.07, 6.45) is 0.554. The summed E-state index contributed by atoms with van der Waals surface area (Å²) in [5, 5.41) is 15.6. The summed E-state index contributed by atoms with van der Waals surface area (Å²) in [6.45, 7) is 3.51. The quantitative estimate of drug-likeness (QED) is 0.770. The second kappa shape index (κ2) is 6.25. The van der Waals surface area contributed by atoms with E-state index in [1.165, 1.54) is 6.07 Å². The number of amides is 1. The van der Waals surface area contributed by atoms with Crippen molar-refractivity contribution in [3.05, 3.63) is 44.4 Å². The fourth-order valence-corrected chi connectivity index (χ4v) is 2.43. The van der Waals surface area contributed by atoms with E-state index in [9.17, 15) is 14.7 Å². The Morgan fingerprint density at radius 1 is 1.43 bits per heavy atom. The van der Waals surface area contributed by atoms with Gasteiger partial charge in [0.2, 0.25) is 0 Å². The molecule has 0 fully saturated rings. The molecule has 6 nitrogen and oxygen atoms in total. The Hall–Kier alpha value is -1.90. The average molecular weight is 400 g/mol. The van der Waals surface area contributed by atoms with Gasteiger partial charge in [0.25, 0.3) is 5.91 Å². The van der Waals surface area contributed by atoms with Crippen molar-refractivity contribution >= 4 is 40.2 Å². The molecule has 0 radical (unpaired) electrons. The largest absolute Gasteiger partial charge is 0.478 e. The van der Waals surface area contributed by atoms with Gasteiger partial charge in [-0.1, -0.05) is 12.1 Å². The SMILES string of the molecule is CCc1noc(C)c1C(=O)Nc1ccc(I)cc1C(=O)O. The van der Waals surface area contributed by atoms with Crippen LogP contribution >= 0.6 is 22.6 Å². The summed E-state index contributed by atoms with van der Waals surface area (Å²) in [5.41, 5.74) is 1.19. The summed E-state index contributed by atoms with van der Waals surface area (Å²) in [6, 6.07) is 4.79. The Morgan fingerprint density at radius 3 is 2.76 bits per heavy atom. The van der Waals surface area contributed by atoms with Crippen LogP contribution in [-0.2, 0) is 6.42 Å². The molecule has 7 heteroatoms. The van der Waals surface area contributed by atoms with Gasteiger partial charge in [0.15, 0.2) is 0 Å². The lowest BCUT2D eigenvalue weighted by molar-refractivity contribution is 0.0698. The number of nitrogens with one attached hydrogen (secondary N) is 1. The van der Waals surface area contributed by atoms with Crippen LogP contribution in [0.5, 0.6) is 0 Å². The molecule has 0 spiro atoms. The van der Waals surface area contributed by atoms with Crippen molar-refractivity contribution in [3.8, 4) is 0 Å². The number of halogens is 1. The van der Waals surface area contributed by atoms with E-state index in [-0.39, 0.29) is 11.3 Å². The van der Waals surface area contributed by atoms with Crippen LogP contribution in [0, 0.1) is 10.5 Å². The number of aromatic carboxylic acids is 1. The van der Waals surface area contributed by atoms with Crippen molar-refractivity contribution in [2.45, 2.75) is 20.3 Å². The summed E-state index contributed by atoms with van der Waals surface area (Å²) < 4.78 is 5.79. The number of benzene rings is 1. The number of aryl methyl sites for hydroxylation is 2. The molecule has 1 amide bonds. The molecule has 110 valence electrons. The van der Waals surface area contributed by atoms with Gasteiger partial charge in [-0.15, -0.1) is 0 Å². The normalized spacial score (nSPS) is 10.4. The van der Waals surface area contributed by atoms with Crippen LogP contribution < -0.4 is 5.32 Å². The number of aromatic nitrogens is 1. The zero-order valence-electron chi connectivity index (χ0n) is 11.4. The van der Waals surface area contributed by atoms with E-state index in [1.54, 1.807) is 19.1 Å². The molecule has 0 aliphatic heterocycles. The van der Waals surface area contributed by atoms with Crippen LogP contribution in [0.3, 0.4) is 0 Å². The molecule has 0 saturated carbocycles. The fourth-order valence-electron chi connectivity index (χ4n) is 1.94. The number of hydrogen-bond donors (Lipinski definition) is 2. The van der Waals surface area contributed by atoms with E-state index in [1.807, 2.05) is 29.5 Å². The highest BCUT2D eigenvalue weighted by atomic mass is 127. The number of hydrogen-bond acceptors (Lipinski definition) is 4. The van der Waals surface area contributed by atoms with Crippen molar-refractivity contribution in [1.29, 1.82) is 0 Å². The summed E-state index contributed by atoms with van der Waals surface area (Å²) in [4.78, 5) is 23.6. The number of rotatable bonds is 4. The zero-order chi connectivity index (χ0) is 15.6. The third kappa shape index (κ3) is 3.23. The van der Waals surface area contributed by atoms with Crippen molar-refractivity contribution in [3.63, 3.8) is 0 Å². The predicted octanol–water partition coefficient (Wildman–Crippen LogP) is 3.10. The minimum atomic E-state index is -1.10. The maximum absolute atomic E-state index is 12.3. The van der Waals surface area contributed by atoms with E-state index in [0.29, 0.717) is 23.4 Å². The maximum atomic E-state index is 12.3. The van der Waals surface area contributed by atoms with Crippen LogP contribution in [0.4, 0.5) is 5.69 Å². The summed E-state index contributed by atoms with van der Waals surface area (Å²) in [5.74, 6) is -1.11. The van der Waals surface area contributed by atoms with Gasteiger partial charge in [-0.3, -0.25) is 4.79 Å². The van der Waals surface area contributed by atoms with Gasteiger partial charge < -0.3 is 14.9 Å². The molecular formula is C14H13IN2O4. The molecule has 0 unspecified atom stereocenters. The lowest BCUT2D eigenvalue weighted by atomic mass is 10.1. The lowest BCUT2D eigenvalue weighted by Crippen LogP contribution is -2.16. The molecular weight excluding hydrogens is 387 g/mol. The Bertz CT molecular complexity index is 709. The van der Waals surface area contributed by atoms with E-state index < -0.39 is 11.9 Å². The van der Waals surface area contributed by atoms with Crippen LogP contribution in [0.25, 0.3) is 0 Å². The van der Waals surface area contributed by atoms with Gasteiger partial charge in [0, 0.05) is 3.57 Å². The Kier molecular flexibility index (Phi) is 4.61. The van der Waals surface area contributed by atoms with E-state index in [2.05, 4.69) is 10.5 Å². The number of carbonyl (C=O) groups excluding carboxylic acids is 1. The monoisotopic (exact) mass is 400 g/mol. The third-order valence-corrected chi connectivity index (χ3v) is 3.63. The first-order valence-electron chi connectivity index (χ1n) is 6.23. The highest BCUT2D eigenvalue weighted by Crippen LogP contribution is 2.21. The number of anilines is 1. The molecule has 1 aromatic heterocycles. The second-order valence-corrected chi connectivity index (χ2v) is 5.61. The van der Waals surface area contributed by atoms with Gasteiger partial charge in [0.05, 0.1) is 16.9 Å². The second-order valence-electron chi connectivity index (χ2n) is 4.36.